The zero-order chi connectivity index (χ0) is 19.9. The number of carbonyl (C=O) groups excluding carboxylic acids is 1. The van der Waals surface area contributed by atoms with Crippen LogP contribution in [0.25, 0.3) is 0 Å². The molecule has 0 spiro atoms. The van der Waals surface area contributed by atoms with Gasteiger partial charge in [0.05, 0.1) is 17.4 Å². The topological polar surface area (TPSA) is 67.3 Å². The second kappa shape index (κ2) is 8.99. The van der Waals surface area contributed by atoms with Crippen LogP contribution in [0.3, 0.4) is 0 Å². The molecule has 0 fully saturated rings. The first-order valence-electron chi connectivity index (χ1n) is 9.17. The van der Waals surface area contributed by atoms with Crippen molar-refractivity contribution in [3.63, 3.8) is 0 Å². The molecule has 1 aromatic heterocycles. The third-order valence-corrected chi connectivity index (χ3v) is 4.00. The highest BCUT2D eigenvalue weighted by molar-refractivity contribution is 6.04. The fourth-order valence-electron chi connectivity index (χ4n) is 2.68. The van der Waals surface area contributed by atoms with Gasteiger partial charge in [-0.25, -0.2) is 9.97 Å². The molecular weight excluding hydrogens is 352 g/mol. The molecule has 144 valence electrons. The molecule has 2 aromatic carbocycles. The number of anilines is 2. The van der Waals surface area contributed by atoms with E-state index in [2.05, 4.69) is 27.4 Å². The van der Waals surface area contributed by atoms with Gasteiger partial charge in [0.2, 0.25) is 5.95 Å². The molecule has 0 saturated carbocycles. The number of hydrogen-bond acceptors (Lipinski definition) is 5. The van der Waals surface area contributed by atoms with Crippen LogP contribution in [0.1, 0.15) is 29.8 Å². The average molecular weight is 376 g/mol. The summed E-state index contributed by atoms with van der Waals surface area (Å²) < 4.78 is 5.74. The normalized spacial score (nSPS) is 10.6. The second-order valence-corrected chi connectivity index (χ2v) is 6.73. The minimum absolute atomic E-state index is 0.0146. The van der Waals surface area contributed by atoms with Gasteiger partial charge in [0.15, 0.2) is 0 Å². The maximum Gasteiger partial charge on any atom is 0.258 e. The molecule has 3 aromatic rings. The van der Waals surface area contributed by atoms with E-state index >= 15 is 0 Å². The Kier molecular flexibility index (Phi) is 6.22. The van der Waals surface area contributed by atoms with Crippen LogP contribution < -0.4 is 15.0 Å². The van der Waals surface area contributed by atoms with E-state index in [0.29, 0.717) is 29.5 Å². The SMILES string of the molecule is CC(C)Oc1ccccc1NC(=O)c1cnc(N(C)Cc2ccccc2)nc1. The molecule has 0 unspecified atom stereocenters. The van der Waals surface area contributed by atoms with Gasteiger partial charge in [-0.2, -0.15) is 0 Å². The van der Waals surface area contributed by atoms with Crippen LogP contribution in [-0.4, -0.2) is 29.0 Å². The second-order valence-electron chi connectivity index (χ2n) is 6.73. The molecule has 0 saturated heterocycles. The highest BCUT2D eigenvalue weighted by Gasteiger charge is 2.13. The molecule has 6 heteroatoms. The standard InChI is InChI=1S/C22H24N4O2/c1-16(2)28-20-12-8-7-11-19(20)25-21(27)18-13-23-22(24-14-18)26(3)15-17-9-5-4-6-10-17/h4-14,16H,15H2,1-3H3,(H,25,27). The first-order chi connectivity index (χ1) is 13.5. The summed E-state index contributed by atoms with van der Waals surface area (Å²) in [6.07, 6.45) is 3.08. The largest absolute Gasteiger partial charge is 0.489 e. The van der Waals surface area contributed by atoms with Crippen molar-refractivity contribution in [2.75, 3.05) is 17.3 Å². The molecule has 6 nitrogen and oxygen atoms in total. The van der Waals surface area contributed by atoms with Crippen molar-refractivity contribution in [2.45, 2.75) is 26.5 Å². The fourth-order valence-corrected chi connectivity index (χ4v) is 2.68. The van der Waals surface area contributed by atoms with E-state index in [1.54, 1.807) is 6.07 Å². The Morgan fingerprint density at radius 3 is 2.36 bits per heavy atom. The van der Waals surface area contributed by atoms with Crippen LogP contribution in [0, 0.1) is 0 Å². The van der Waals surface area contributed by atoms with Crippen LogP contribution in [-0.2, 0) is 6.54 Å². The maximum atomic E-state index is 12.6. The zero-order valence-electron chi connectivity index (χ0n) is 16.3. The van der Waals surface area contributed by atoms with Crippen LogP contribution in [0.2, 0.25) is 0 Å². The molecule has 1 amide bonds. The van der Waals surface area contributed by atoms with Gasteiger partial charge in [-0.05, 0) is 31.5 Å². The lowest BCUT2D eigenvalue weighted by Gasteiger charge is -2.17. The molecule has 0 radical (unpaired) electrons. The van der Waals surface area contributed by atoms with Gasteiger partial charge < -0.3 is 15.0 Å². The van der Waals surface area contributed by atoms with Gasteiger partial charge in [-0.3, -0.25) is 4.79 Å². The monoisotopic (exact) mass is 376 g/mol. The van der Waals surface area contributed by atoms with E-state index in [1.165, 1.54) is 12.4 Å². The van der Waals surface area contributed by atoms with Gasteiger partial charge in [0, 0.05) is 26.0 Å². The number of nitrogens with zero attached hydrogens (tertiary/aromatic N) is 3. The number of rotatable bonds is 7. The van der Waals surface area contributed by atoms with Crippen LogP contribution in [0.4, 0.5) is 11.6 Å². The molecule has 0 aliphatic heterocycles. The van der Waals surface area contributed by atoms with Crippen molar-refractivity contribution >= 4 is 17.5 Å². The van der Waals surface area contributed by atoms with Crippen molar-refractivity contribution in [1.82, 2.24) is 9.97 Å². The zero-order valence-corrected chi connectivity index (χ0v) is 16.3. The van der Waals surface area contributed by atoms with Gasteiger partial charge in [-0.15, -0.1) is 0 Å². The fraction of sp³-hybridized carbons (Fsp3) is 0.227. The first kappa shape index (κ1) is 19.4. The van der Waals surface area contributed by atoms with Crippen molar-refractivity contribution in [3.8, 4) is 5.75 Å². The molecule has 0 aliphatic carbocycles. The highest BCUT2D eigenvalue weighted by Crippen LogP contribution is 2.25. The molecule has 0 aliphatic rings. The lowest BCUT2D eigenvalue weighted by molar-refractivity contribution is 0.102. The van der Waals surface area contributed by atoms with Gasteiger partial charge in [-0.1, -0.05) is 42.5 Å². The van der Waals surface area contributed by atoms with Crippen molar-refractivity contribution in [1.29, 1.82) is 0 Å². The summed E-state index contributed by atoms with van der Waals surface area (Å²) >= 11 is 0. The lowest BCUT2D eigenvalue weighted by Crippen LogP contribution is -2.20. The van der Waals surface area contributed by atoms with Crippen molar-refractivity contribution in [2.24, 2.45) is 0 Å². The predicted octanol–water partition coefficient (Wildman–Crippen LogP) is 4.15. The minimum Gasteiger partial charge on any atom is -0.489 e. The number of nitrogens with one attached hydrogen (secondary N) is 1. The molecular formula is C22H24N4O2. The molecule has 1 N–H and O–H groups in total. The van der Waals surface area contributed by atoms with Gasteiger partial charge in [0.25, 0.3) is 5.91 Å². The van der Waals surface area contributed by atoms with Crippen LogP contribution in [0.5, 0.6) is 5.75 Å². The van der Waals surface area contributed by atoms with E-state index in [-0.39, 0.29) is 12.0 Å². The summed E-state index contributed by atoms with van der Waals surface area (Å²) in [6, 6.07) is 17.4. The Balaban J connectivity index is 1.67. The molecule has 28 heavy (non-hydrogen) atoms. The smallest absolute Gasteiger partial charge is 0.258 e. The average Bonchev–Trinajstić information content (AvgIpc) is 2.70. The summed E-state index contributed by atoms with van der Waals surface area (Å²) in [5.41, 5.74) is 2.17. The molecule has 0 atom stereocenters. The van der Waals surface area contributed by atoms with E-state index in [4.69, 9.17) is 4.74 Å². The molecule has 0 bridgehead atoms. The third-order valence-electron chi connectivity index (χ3n) is 4.00. The van der Waals surface area contributed by atoms with Crippen molar-refractivity contribution in [3.05, 3.63) is 78.1 Å². The molecule has 1 heterocycles. The number of hydrogen-bond donors (Lipinski definition) is 1. The summed E-state index contributed by atoms with van der Waals surface area (Å²) in [6.45, 7) is 4.57. The third kappa shape index (κ3) is 5.07. The van der Waals surface area contributed by atoms with Gasteiger partial charge in [0.1, 0.15) is 5.75 Å². The quantitative estimate of drug-likeness (QED) is 0.671. The van der Waals surface area contributed by atoms with Gasteiger partial charge >= 0.3 is 0 Å². The van der Waals surface area contributed by atoms with Crippen LogP contribution >= 0.6 is 0 Å². The maximum absolute atomic E-state index is 12.6. The summed E-state index contributed by atoms with van der Waals surface area (Å²) in [5.74, 6) is 0.909. The number of amides is 1. The molecule has 3 rings (SSSR count). The Morgan fingerprint density at radius 2 is 1.68 bits per heavy atom. The predicted molar refractivity (Wildman–Crippen MR) is 111 cm³/mol. The highest BCUT2D eigenvalue weighted by atomic mass is 16.5. The van der Waals surface area contributed by atoms with Crippen molar-refractivity contribution < 1.29 is 9.53 Å². The minimum atomic E-state index is -0.280. The summed E-state index contributed by atoms with van der Waals surface area (Å²) in [5, 5.41) is 2.86. The lowest BCUT2D eigenvalue weighted by atomic mass is 10.2. The summed E-state index contributed by atoms with van der Waals surface area (Å²) in [4.78, 5) is 23.2. The Hall–Kier alpha value is -3.41. The van der Waals surface area contributed by atoms with Crippen LogP contribution in [0.15, 0.2) is 67.0 Å². The Morgan fingerprint density at radius 1 is 1.04 bits per heavy atom. The van der Waals surface area contributed by atoms with E-state index in [0.717, 1.165) is 5.56 Å². The number of carbonyl (C=O) groups is 1. The number of ether oxygens (including phenoxy) is 1. The Bertz CT molecular complexity index is 911. The number of aromatic nitrogens is 2. The Labute approximate surface area is 165 Å². The van der Waals surface area contributed by atoms with E-state index in [9.17, 15) is 4.79 Å². The van der Waals surface area contributed by atoms with E-state index < -0.39 is 0 Å². The summed E-state index contributed by atoms with van der Waals surface area (Å²) in [7, 11) is 1.92. The first-order valence-corrected chi connectivity index (χ1v) is 9.17. The number of benzene rings is 2. The van der Waals surface area contributed by atoms with E-state index in [1.807, 2.05) is 62.2 Å². The number of para-hydroxylation sites is 2.